The van der Waals surface area contributed by atoms with Crippen molar-refractivity contribution in [2.75, 3.05) is 24.5 Å². The SMILES string of the molecule is CC1(C(=O)N2CCCc3cc(S(=O)(=O)N4CCCC4)ccc32)Cc2ccccc2C(=O)O1. The number of aryl methyl sites for hydroxylation is 1. The third kappa shape index (κ3) is 3.42. The molecule has 1 atom stereocenters. The molecule has 2 aromatic rings. The van der Waals surface area contributed by atoms with Crippen LogP contribution in [0.25, 0.3) is 0 Å². The molecule has 32 heavy (non-hydrogen) atoms. The zero-order chi connectivity index (χ0) is 22.5. The highest BCUT2D eigenvalue weighted by Gasteiger charge is 2.46. The summed E-state index contributed by atoms with van der Waals surface area (Å²) in [5.41, 5.74) is 1.51. The van der Waals surface area contributed by atoms with Crippen LogP contribution in [0.5, 0.6) is 0 Å². The van der Waals surface area contributed by atoms with E-state index >= 15 is 0 Å². The third-order valence-corrected chi connectivity index (χ3v) is 8.55. The molecule has 0 bridgehead atoms. The van der Waals surface area contributed by atoms with E-state index in [9.17, 15) is 18.0 Å². The maximum atomic E-state index is 13.6. The quantitative estimate of drug-likeness (QED) is 0.666. The van der Waals surface area contributed by atoms with E-state index in [1.54, 1.807) is 42.2 Å². The summed E-state index contributed by atoms with van der Waals surface area (Å²) in [4.78, 5) is 28.1. The number of fused-ring (bicyclic) bond motifs is 2. The number of carbonyl (C=O) groups excluding carboxylic acids is 2. The van der Waals surface area contributed by atoms with E-state index in [2.05, 4.69) is 0 Å². The van der Waals surface area contributed by atoms with Gasteiger partial charge in [0, 0.05) is 31.7 Å². The number of rotatable bonds is 3. The largest absolute Gasteiger partial charge is 0.445 e. The lowest BCUT2D eigenvalue weighted by molar-refractivity contribution is -0.137. The van der Waals surface area contributed by atoms with E-state index in [0.29, 0.717) is 50.1 Å². The molecule has 5 rings (SSSR count). The molecule has 3 heterocycles. The van der Waals surface area contributed by atoms with Crippen molar-refractivity contribution in [1.29, 1.82) is 0 Å². The number of cyclic esters (lactones) is 1. The lowest BCUT2D eigenvalue weighted by Gasteiger charge is -2.39. The molecular formula is C24H26N2O5S. The highest BCUT2D eigenvalue weighted by molar-refractivity contribution is 7.89. The molecule has 168 valence electrons. The number of hydrogen-bond acceptors (Lipinski definition) is 5. The first-order chi connectivity index (χ1) is 15.3. The van der Waals surface area contributed by atoms with Gasteiger partial charge in [0.15, 0.2) is 5.60 Å². The third-order valence-electron chi connectivity index (χ3n) is 6.65. The van der Waals surface area contributed by atoms with Crippen LogP contribution in [0.3, 0.4) is 0 Å². The Labute approximate surface area is 188 Å². The van der Waals surface area contributed by atoms with Crippen molar-refractivity contribution in [1.82, 2.24) is 4.31 Å². The topological polar surface area (TPSA) is 84.0 Å². The molecule has 8 heteroatoms. The summed E-state index contributed by atoms with van der Waals surface area (Å²) >= 11 is 0. The zero-order valence-electron chi connectivity index (χ0n) is 18.0. The van der Waals surface area contributed by atoms with Crippen molar-refractivity contribution < 1.29 is 22.7 Å². The first-order valence-corrected chi connectivity index (χ1v) is 12.5. The Kier molecular flexibility index (Phi) is 5.09. The second-order valence-electron chi connectivity index (χ2n) is 8.92. The molecule has 3 aliphatic heterocycles. The lowest BCUT2D eigenvalue weighted by Crippen LogP contribution is -2.54. The molecule has 0 aromatic heterocycles. The van der Waals surface area contributed by atoms with Crippen molar-refractivity contribution in [3.63, 3.8) is 0 Å². The van der Waals surface area contributed by atoms with E-state index < -0.39 is 21.6 Å². The van der Waals surface area contributed by atoms with Gasteiger partial charge in [-0.25, -0.2) is 13.2 Å². The predicted octanol–water partition coefficient (Wildman–Crippen LogP) is 2.92. The van der Waals surface area contributed by atoms with Crippen molar-refractivity contribution in [3.8, 4) is 0 Å². The second kappa shape index (κ2) is 7.71. The summed E-state index contributed by atoms with van der Waals surface area (Å²) in [5.74, 6) is -0.775. The number of anilines is 1. The molecule has 1 unspecified atom stereocenters. The highest BCUT2D eigenvalue weighted by Crippen LogP contribution is 2.36. The second-order valence-corrected chi connectivity index (χ2v) is 10.9. The molecule has 0 saturated carbocycles. The van der Waals surface area contributed by atoms with Crippen LogP contribution in [-0.2, 0) is 32.4 Å². The average Bonchev–Trinajstić information content (AvgIpc) is 3.34. The summed E-state index contributed by atoms with van der Waals surface area (Å²) in [5, 5.41) is 0. The molecule has 0 spiro atoms. The normalized spacial score (nSPS) is 23.4. The van der Waals surface area contributed by atoms with Crippen molar-refractivity contribution >= 4 is 27.6 Å². The van der Waals surface area contributed by atoms with Gasteiger partial charge >= 0.3 is 5.97 Å². The molecular weight excluding hydrogens is 428 g/mol. The standard InChI is InChI=1S/C24H26N2O5S/c1-24(16-18-7-2-3-9-20(18)22(27)31-24)23(28)26-14-6-8-17-15-19(10-11-21(17)26)32(29,30)25-12-4-5-13-25/h2-3,7,9-11,15H,4-6,8,12-14,16H2,1H3. The van der Waals surface area contributed by atoms with Gasteiger partial charge in [0.2, 0.25) is 10.0 Å². The Morgan fingerprint density at radius 1 is 1.00 bits per heavy atom. The van der Waals surface area contributed by atoms with Gasteiger partial charge < -0.3 is 9.64 Å². The molecule has 3 aliphatic rings. The maximum Gasteiger partial charge on any atom is 0.339 e. The molecule has 1 saturated heterocycles. The number of carbonyl (C=O) groups is 2. The van der Waals surface area contributed by atoms with Crippen molar-refractivity contribution in [2.24, 2.45) is 0 Å². The summed E-state index contributed by atoms with van der Waals surface area (Å²) in [7, 11) is -3.52. The van der Waals surface area contributed by atoms with E-state index in [1.807, 2.05) is 12.1 Å². The Bertz CT molecular complexity index is 1200. The van der Waals surface area contributed by atoms with Crippen LogP contribution < -0.4 is 4.90 Å². The van der Waals surface area contributed by atoms with Gasteiger partial charge in [0.05, 0.1) is 10.5 Å². The van der Waals surface area contributed by atoms with Gasteiger partial charge in [-0.15, -0.1) is 0 Å². The summed E-state index contributed by atoms with van der Waals surface area (Å²) in [6, 6.07) is 12.2. The van der Waals surface area contributed by atoms with Crippen LogP contribution in [0.2, 0.25) is 0 Å². The Balaban J connectivity index is 1.46. The maximum absolute atomic E-state index is 13.6. The number of sulfonamides is 1. The molecule has 1 fully saturated rings. The number of amides is 1. The molecule has 0 aliphatic carbocycles. The Hall–Kier alpha value is -2.71. The minimum atomic E-state index is -3.52. The van der Waals surface area contributed by atoms with Gasteiger partial charge in [-0.3, -0.25) is 4.79 Å². The minimum absolute atomic E-state index is 0.275. The Morgan fingerprint density at radius 3 is 2.53 bits per heavy atom. The predicted molar refractivity (Wildman–Crippen MR) is 119 cm³/mol. The van der Waals surface area contributed by atoms with E-state index in [-0.39, 0.29) is 10.8 Å². The van der Waals surface area contributed by atoms with Crippen molar-refractivity contribution in [2.45, 2.75) is 49.5 Å². The van der Waals surface area contributed by atoms with Crippen molar-refractivity contribution in [3.05, 3.63) is 59.2 Å². The van der Waals surface area contributed by atoms with Crippen LogP contribution in [0.15, 0.2) is 47.4 Å². The monoisotopic (exact) mass is 454 g/mol. The van der Waals surface area contributed by atoms with Gasteiger partial charge in [0.1, 0.15) is 0 Å². The summed E-state index contributed by atoms with van der Waals surface area (Å²) < 4.78 is 33.1. The van der Waals surface area contributed by atoms with E-state index in [4.69, 9.17) is 4.74 Å². The first kappa shape index (κ1) is 21.2. The van der Waals surface area contributed by atoms with Gasteiger partial charge in [-0.05, 0) is 68.0 Å². The highest BCUT2D eigenvalue weighted by atomic mass is 32.2. The first-order valence-electron chi connectivity index (χ1n) is 11.1. The van der Waals surface area contributed by atoms with Gasteiger partial charge in [0.25, 0.3) is 5.91 Å². The smallest absolute Gasteiger partial charge is 0.339 e. The molecule has 7 nitrogen and oxygen atoms in total. The number of benzene rings is 2. The number of hydrogen-bond donors (Lipinski definition) is 0. The lowest BCUT2D eigenvalue weighted by atomic mass is 9.88. The average molecular weight is 455 g/mol. The van der Waals surface area contributed by atoms with E-state index in [1.165, 1.54) is 4.31 Å². The molecule has 2 aromatic carbocycles. The summed E-state index contributed by atoms with van der Waals surface area (Å²) in [6.07, 6.45) is 3.48. The fourth-order valence-corrected chi connectivity index (χ4v) is 6.53. The number of ether oxygens (including phenoxy) is 1. The zero-order valence-corrected chi connectivity index (χ0v) is 18.9. The van der Waals surface area contributed by atoms with Crippen LogP contribution in [0.4, 0.5) is 5.69 Å². The van der Waals surface area contributed by atoms with Crippen LogP contribution >= 0.6 is 0 Å². The molecule has 0 N–H and O–H groups in total. The number of nitrogens with zero attached hydrogens (tertiary/aromatic N) is 2. The fourth-order valence-electron chi connectivity index (χ4n) is 4.96. The Morgan fingerprint density at radius 2 is 1.75 bits per heavy atom. The summed E-state index contributed by atoms with van der Waals surface area (Å²) in [6.45, 7) is 3.26. The van der Waals surface area contributed by atoms with Crippen LogP contribution in [0.1, 0.15) is 47.7 Å². The van der Waals surface area contributed by atoms with Crippen LogP contribution in [0, 0.1) is 0 Å². The van der Waals surface area contributed by atoms with Gasteiger partial charge in [-0.2, -0.15) is 4.31 Å². The fraction of sp³-hybridized carbons (Fsp3) is 0.417. The van der Waals surface area contributed by atoms with E-state index in [0.717, 1.165) is 24.0 Å². The van der Waals surface area contributed by atoms with Crippen LogP contribution in [-0.4, -0.2) is 49.8 Å². The number of esters is 1. The molecule has 0 radical (unpaired) electrons. The van der Waals surface area contributed by atoms with Gasteiger partial charge in [-0.1, -0.05) is 18.2 Å². The minimum Gasteiger partial charge on any atom is -0.445 e. The molecule has 1 amide bonds.